The Labute approximate surface area is 164 Å². The Balaban J connectivity index is 1.48. The standard InChI is InChI=1S/C21H24N4O3/c1-23(19-8-10-25(21(19)27)16-5-3-2-4-6-16)20(26)18-15-17(7-9-22-18)24-11-13-28-14-12-24/h2-7,9,15,19H,8,10-14H2,1H3. The molecular weight excluding hydrogens is 356 g/mol. The minimum Gasteiger partial charge on any atom is -0.378 e. The maximum atomic E-state index is 13.0. The van der Waals surface area contributed by atoms with E-state index in [4.69, 9.17) is 4.74 Å². The number of benzene rings is 1. The molecule has 0 saturated carbocycles. The molecule has 2 aliphatic rings. The van der Waals surface area contributed by atoms with Gasteiger partial charge in [-0.15, -0.1) is 0 Å². The van der Waals surface area contributed by atoms with E-state index in [0.717, 1.165) is 24.5 Å². The molecule has 0 aliphatic carbocycles. The summed E-state index contributed by atoms with van der Waals surface area (Å²) < 4.78 is 5.39. The summed E-state index contributed by atoms with van der Waals surface area (Å²) in [5, 5.41) is 0. The Morgan fingerprint density at radius 3 is 2.61 bits per heavy atom. The molecular formula is C21H24N4O3. The Kier molecular flexibility index (Phi) is 5.25. The first kappa shape index (κ1) is 18.4. The van der Waals surface area contributed by atoms with E-state index in [0.29, 0.717) is 31.9 Å². The summed E-state index contributed by atoms with van der Waals surface area (Å²) in [6, 6.07) is 12.8. The Morgan fingerprint density at radius 2 is 1.86 bits per heavy atom. The molecule has 1 atom stereocenters. The fourth-order valence-electron chi connectivity index (χ4n) is 3.77. The number of hydrogen-bond acceptors (Lipinski definition) is 5. The summed E-state index contributed by atoms with van der Waals surface area (Å²) in [6.45, 7) is 3.54. The van der Waals surface area contributed by atoms with Crippen LogP contribution in [-0.4, -0.2) is 67.6 Å². The van der Waals surface area contributed by atoms with Crippen molar-refractivity contribution in [2.75, 3.05) is 49.7 Å². The van der Waals surface area contributed by atoms with E-state index >= 15 is 0 Å². The van der Waals surface area contributed by atoms with Crippen molar-refractivity contribution in [2.24, 2.45) is 0 Å². The Hall–Kier alpha value is -2.93. The van der Waals surface area contributed by atoms with Gasteiger partial charge in [0.2, 0.25) is 5.91 Å². The van der Waals surface area contributed by atoms with Gasteiger partial charge in [0.25, 0.3) is 5.91 Å². The number of ether oxygens (including phenoxy) is 1. The summed E-state index contributed by atoms with van der Waals surface area (Å²) in [6.07, 6.45) is 2.26. The molecule has 3 heterocycles. The monoisotopic (exact) mass is 380 g/mol. The third-order valence-corrected chi connectivity index (χ3v) is 5.37. The first-order chi connectivity index (χ1) is 13.6. The Bertz CT molecular complexity index is 852. The summed E-state index contributed by atoms with van der Waals surface area (Å²) >= 11 is 0. The third kappa shape index (κ3) is 3.57. The van der Waals surface area contributed by atoms with Crippen LogP contribution in [0.25, 0.3) is 0 Å². The molecule has 2 fully saturated rings. The van der Waals surface area contributed by atoms with Gasteiger partial charge in [0, 0.05) is 44.3 Å². The van der Waals surface area contributed by atoms with E-state index in [2.05, 4.69) is 9.88 Å². The first-order valence-electron chi connectivity index (χ1n) is 9.57. The number of aromatic nitrogens is 1. The molecule has 7 nitrogen and oxygen atoms in total. The average molecular weight is 380 g/mol. The highest BCUT2D eigenvalue weighted by Crippen LogP contribution is 2.25. The van der Waals surface area contributed by atoms with Crippen molar-refractivity contribution in [1.29, 1.82) is 0 Å². The molecule has 4 rings (SSSR count). The lowest BCUT2D eigenvalue weighted by Gasteiger charge is -2.29. The zero-order chi connectivity index (χ0) is 19.5. The van der Waals surface area contributed by atoms with E-state index in [1.54, 1.807) is 24.2 Å². The van der Waals surface area contributed by atoms with Crippen LogP contribution in [0.2, 0.25) is 0 Å². The highest BCUT2D eigenvalue weighted by atomic mass is 16.5. The number of hydrogen-bond donors (Lipinski definition) is 0. The number of nitrogens with zero attached hydrogens (tertiary/aromatic N) is 4. The number of para-hydroxylation sites is 1. The number of likely N-dealkylation sites (N-methyl/N-ethyl adjacent to an activating group) is 1. The van der Waals surface area contributed by atoms with Gasteiger partial charge in [-0.05, 0) is 30.7 Å². The van der Waals surface area contributed by atoms with Crippen LogP contribution in [0, 0.1) is 0 Å². The molecule has 2 saturated heterocycles. The number of amides is 2. The van der Waals surface area contributed by atoms with E-state index in [1.807, 2.05) is 36.4 Å². The second-order valence-electron chi connectivity index (χ2n) is 7.04. The van der Waals surface area contributed by atoms with E-state index in [1.165, 1.54) is 4.90 Å². The fraction of sp³-hybridized carbons (Fsp3) is 0.381. The number of pyridine rings is 1. The van der Waals surface area contributed by atoms with Gasteiger partial charge < -0.3 is 19.4 Å². The van der Waals surface area contributed by atoms with E-state index in [9.17, 15) is 9.59 Å². The van der Waals surface area contributed by atoms with Gasteiger partial charge >= 0.3 is 0 Å². The molecule has 28 heavy (non-hydrogen) atoms. The van der Waals surface area contributed by atoms with Gasteiger partial charge in [0.05, 0.1) is 13.2 Å². The summed E-state index contributed by atoms with van der Waals surface area (Å²) in [5.41, 5.74) is 2.18. The quantitative estimate of drug-likeness (QED) is 0.809. The van der Waals surface area contributed by atoms with Crippen LogP contribution in [0.3, 0.4) is 0 Å². The van der Waals surface area contributed by atoms with Gasteiger partial charge in [-0.2, -0.15) is 0 Å². The molecule has 7 heteroatoms. The largest absolute Gasteiger partial charge is 0.378 e. The molecule has 146 valence electrons. The molecule has 1 unspecified atom stereocenters. The van der Waals surface area contributed by atoms with Crippen molar-refractivity contribution < 1.29 is 14.3 Å². The molecule has 2 aliphatic heterocycles. The zero-order valence-electron chi connectivity index (χ0n) is 16.0. The lowest BCUT2D eigenvalue weighted by atomic mass is 10.2. The second kappa shape index (κ2) is 7.98. The molecule has 0 bridgehead atoms. The number of carbonyl (C=O) groups excluding carboxylic acids is 2. The molecule has 2 aromatic rings. The molecule has 1 aromatic carbocycles. The first-order valence-corrected chi connectivity index (χ1v) is 9.57. The zero-order valence-corrected chi connectivity index (χ0v) is 16.0. The summed E-state index contributed by atoms with van der Waals surface area (Å²) in [5.74, 6) is -0.283. The maximum absolute atomic E-state index is 13.0. The molecule has 1 aromatic heterocycles. The highest BCUT2D eigenvalue weighted by molar-refractivity contribution is 6.03. The third-order valence-electron chi connectivity index (χ3n) is 5.37. The van der Waals surface area contributed by atoms with Gasteiger partial charge in [-0.25, -0.2) is 0 Å². The van der Waals surface area contributed by atoms with Gasteiger partial charge in [0.15, 0.2) is 0 Å². The van der Waals surface area contributed by atoms with Crippen molar-refractivity contribution in [1.82, 2.24) is 9.88 Å². The van der Waals surface area contributed by atoms with Crippen molar-refractivity contribution in [3.8, 4) is 0 Å². The van der Waals surface area contributed by atoms with Crippen LogP contribution in [0.4, 0.5) is 11.4 Å². The molecule has 0 radical (unpaired) electrons. The number of morpholine rings is 1. The number of rotatable bonds is 4. The van der Waals surface area contributed by atoms with Crippen LogP contribution < -0.4 is 9.80 Å². The number of carbonyl (C=O) groups is 2. The van der Waals surface area contributed by atoms with Crippen LogP contribution in [-0.2, 0) is 9.53 Å². The minimum absolute atomic E-state index is 0.0496. The summed E-state index contributed by atoms with van der Waals surface area (Å²) in [7, 11) is 1.68. The maximum Gasteiger partial charge on any atom is 0.272 e. The van der Waals surface area contributed by atoms with Crippen LogP contribution in [0.5, 0.6) is 0 Å². The predicted octanol–water partition coefficient (Wildman–Crippen LogP) is 1.80. The van der Waals surface area contributed by atoms with E-state index < -0.39 is 6.04 Å². The van der Waals surface area contributed by atoms with Gasteiger partial charge in [0.1, 0.15) is 11.7 Å². The summed E-state index contributed by atoms with van der Waals surface area (Å²) in [4.78, 5) is 35.6. The van der Waals surface area contributed by atoms with Gasteiger partial charge in [-0.3, -0.25) is 14.6 Å². The van der Waals surface area contributed by atoms with Crippen molar-refractivity contribution >= 4 is 23.2 Å². The molecule has 0 N–H and O–H groups in total. The smallest absolute Gasteiger partial charge is 0.272 e. The van der Waals surface area contributed by atoms with E-state index in [-0.39, 0.29) is 11.8 Å². The van der Waals surface area contributed by atoms with Crippen molar-refractivity contribution in [2.45, 2.75) is 12.5 Å². The second-order valence-corrected chi connectivity index (χ2v) is 7.04. The Morgan fingerprint density at radius 1 is 1.11 bits per heavy atom. The van der Waals surface area contributed by atoms with Crippen LogP contribution in [0.15, 0.2) is 48.7 Å². The number of anilines is 2. The minimum atomic E-state index is -0.471. The topological polar surface area (TPSA) is 66.0 Å². The predicted molar refractivity (Wildman–Crippen MR) is 107 cm³/mol. The average Bonchev–Trinajstić information content (AvgIpc) is 3.15. The fourth-order valence-corrected chi connectivity index (χ4v) is 3.77. The van der Waals surface area contributed by atoms with Crippen LogP contribution in [0.1, 0.15) is 16.9 Å². The molecule has 0 spiro atoms. The lowest BCUT2D eigenvalue weighted by molar-refractivity contribution is -0.120. The van der Waals surface area contributed by atoms with Crippen molar-refractivity contribution in [3.63, 3.8) is 0 Å². The highest BCUT2D eigenvalue weighted by Gasteiger charge is 2.37. The normalized spacial score (nSPS) is 19.8. The van der Waals surface area contributed by atoms with Crippen molar-refractivity contribution in [3.05, 3.63) is 54.4 Å². The SMILES string of the molecule is CN(C(=O)c1cc(N2CCOCC2)ccn1)C1CCN(c2ccccc2)C1=O. The van der Waals surface area contributed by atoms with Crippen LogP contribution >= 0.6 is 0 Å². The lowest BCUT2D eigenvalue weighted by Crippen LogP contribution is -2.43. The van der Waals surface area contributed by atoms with Gasteiger partial charge in [-0.1, -0.05) is 18.2 Å². The molecule has 2 amide bonds.